The van der Waals surface area contributed by atoms with Crippen LogP contribution in [0.4, 0.5) is 4.79 Å². The molecule has 2 N–H and O–H groups in total. The standard InChI is InChI=1S/C13H16N2O3/c1-13(11(16)17)8-15(9-13)12(18)14-7-10-5-3-2-4-6-10/h2-6H,7-9H2,1H3,(H,14,18)(H,16,17). The van der Waals surface area contributed by atoms with Crippen molar-refractivity contribution in [2.24, 2.45) is 5.41 Å². The molecule has 18 heavy (non-hydrogen) atoms. The van der Waals surface area contributed by atoms with E-state index in [0.29, 0.717) is 6.54 Å². The first-order valence-corrected chi connectivity index (χ1v) is 5.81. The van der Waals surface area contributed by atoms with Gasteiger partial charge in [-0.3, -0.25) is 4.79 Å². The maximum Gasteiger partial charge on any atom is 0.317 e. The molecule has 1 fully saturated rings. The molecule has 1 aromatic rings. The zero-order valence-electron chi connectivity index (χ0n) is 10.2. The number of carbonyl (C=O) groups is 2. The highest BCUT2D eigenvalue weighted by Gasteiger charge is 2.47. The number of likely N-dealkylation sites (tertiary alicyclic amines) is 1. The third-order valence-corrected chi connectivity index (χ3v) is 3.17. The molecule has 1 aliphatic heterocycles. The molecule has 2 rings (SSSR count). The molecule has 0 unspecified atom stereocenters. The SMILES string of the molecule is CC1(C(=O)O)CN(C(=O)NCc2ccccc2)C1. The van der Waals surface area contributed by atoms with Crippen LogP contribution in [-0.4, -0.2) is 35.1 Å². The van der Waals surface area contributed by atoms with E-state index in [1.54, 1.807) is 6.92 Å². The predicted molar refractivity (Wildman–Crippen MR) is 66.0 cm³/mol. The minimum atomic E-state index is -0.852. The molecule has 0 aromatic heterocycles. The number of urea groups is 1. The molecule has 0 aliphatic carbocycles. The molecule has 0 bridgehead atoms. The lowest BCUT2D eigenvalue weighted by Gasteiger charge is -2.44. The second-order valence-electron chi connectivity index (χ2n) is 4.87. The summed E-state index contributed by atoms with van der Waals surface area (Å²) in [5.41, 5.74) is 0.233. The van der Waals surface area contributed by atoms with Gasteiger partial charge in [-0.2, -0.15) is 0 Å². The van der Waals surface area contributed by atoms with Crippen LogP contribution in [0.25, 0.3) is 0 Å². The van der Waals surface area contributed by atoms with Gasteiger partial charge in [-0.1, -0.05) is 30.3 Å². The fourth-order valence-electron chi connectivity index (χ4n) is 1.96. The second-order valence-corrected chi connectivity index (χ2v) is 4.87. The lowest BCUT2D eigenvalue weighted by atomic mass is 9.82. The molecule has 1 saturated heterocycles. The Morgan fingerprint density at radius 3 is 2.50 bits per heavy atom. The van der Waals surface area contributed by atoms with Crippen LogP contribution in [0.5, 0.6) is 0 Å². The van der Waals surface area contributed by atoms with Gasteiger partial charge in [0.2, 0.25) is 0 Å². The molecule has 0 atom stereocenters. The van der Waals surface area contributed by atoms with Crippen LogP contribution in [0.3, 0.4) is 0 Å². The summed E-state index contributed by atoms with van der Waals surface area (Å²) in [7, 11) is 0. The van der Waals surface area contributed by atoms with Gasteiger partial charge in [0.25, 0.3) is 0 Å². The Bertz CT molecular complexity index is 453. The minimum absolute atomic E-state index is 0.211. The lowest BCUT2D eigenvalue weighted by Crippen LogP contribution is -2.62. The third kappa shape index (κ3) is 2.45. The molecule has 1 aliphatic rings. The Hall–Kier alpha value is -2.04. The number of amides is 2. The Morgan fingerprint density at radius 2 is 1.94 bits per heavy atom. The number of rotatable bonds is 3. The van der Waals surface area contributed by atoms with Crippen molar-refractivity contribution in [2.75, 3.05) is 13.1 Å². The summed E-state index contributed by atoms with van der Waals surface area (Å²) in [6, 6.07) is 9.38. The summed E-state index contributed by atoms with van der Waals surface area (Å²) in [5.74, 6) is -0.852. The largest absolute Gasteiger partial charge is 0.481 e. The van der Waals surface area contributed by atoms with E-state index in [4.69, 9.17) is 5.11 Å². The van der Waals surface area contributed by atoms with Gasteiger partial charge in [0.05, 0.1) is 0 Å². The number of aliphatic carboxylic acids is 1. The van der Waals surface area contributed by atoms with Gasteiger partial charge in [0, 0.05) is 19.6 Å². The van der Waals surface area contributed by atoms with Gasteiger partial charge < -0.3 is 15.3 Å². The molecule has 1 aromatic carbocycles. The number of nitrogens with zero attached hydrogens (tertiary/aromatic N) is 1. The number of hydrogen-bond donors (Lipinski definition) is 2. The summed E-state index contributed by atoms with van der Waals surface area (Å²) in [4.78, 5) is 24.1. The zero-order valence-corrected chi connectivity index (χ0v) is 10.2. The van der Waals surface area contributed by atoms with Crippen molar-refractivity contribution in [3.05, 3.63) is 35.9 Å². The van der Waals surface area contributed by atoms with E-state index in [-0.39, 0.29) is 19.1 Å². The second kappa shape index (κ2) is 4.68. The zero-order chi connectivity index (χ0) is 13.2. The molecule has 1 heterocycles. The number of nitrogens with one attached hydrogen (secondary N) is 1. The first-order valence-electron chi connectivity index (χ1n) is 5.81. The molecule has 0 spiro atoms. The van der Waals surface area contributed by atoms with Crippen molar-refractivity contribution in [1.82, 2.24) is 10.2 Å². The van der Waals surface area contributed by atoms with Crippen molar-refractivity contribution in [3.8, 4) is 0 Å². The molecular formula is C13H16N2O3. The van der Waals surface area contributed by atoms with Crippen molar-refractivity contribution in [2.45, 2.75) is 13.5 Å². The number of carbonyl (C=O) groups excluding carboxylic acids is 1. The Labute approximate surface area is 105 Å². The summed E-state index contributed by atoms with van der Waals surface area (Å²) in [6.45, 7) is 2.64. The number of carboxylic acids is 1. The van der Waals surface area contributed by atoms with Crippen LogP contribution in [-0.2, 0) is 11.3 Å². The van der Waals surface area contributed by atoms with Crippen LogP contribution in [0.15, 0.2) is 30.3 Å². The maximum absolute atomic E-state index is 11.7. The number of benzene rings is 1. The van der Waals surface area contributed by atoms with Gasteiger partial charge in [0.15, 0.2) is 0 Å². The van der Waals surface area contributed by atoms with Gasteiger partial charge in [-0.05, 0) is 12.5 Å². The molecule has 5 nitrogen and oxygen atoms in total. The first-order chi connectivity index (χ1) is 8.51. The van der Waals surface area contributed by atoms with E-state index in [9.17, 15) is 9.59 Å². The summed E-state index contributed by atoms with van der Waals surface area (Å²) < 4.78 is 0. The fraction of sp³-hybridized carbons (Fsp3) is 0.385. The molecule has 0 saturated carbocycles. The molecule has 2 amide bonds. The van der Waals surface area contributed by atoms with Crippen molar-refractivity contribution >= 4 is 12.0 Å². The quantitative estimate of drug-likeness (QED) is 0.847. The van der Waals surface area contributed by atoms with E-state index < -0.39 is 11.4 Å². The van der Waals surface area contributed by atoms with Crippen LogP contribution in [0.2, 0.25) is 0 Å². The van der Waals surface area contributed by atoms with Crippen molar-refractivity contribution in [3.63, 3.8) is 0 Å². The van der Waals surface area contributed by atoms with Crippen LogP contribution in [0, 0.1) is 5.41 Å². The number of carboxylic acid groups (broad SMARTS) is 1. The smallest absolute Gasteiger partial charge is 0.317 e. The Kier molecular flexibility index (Phi) is 3.23. The molecular weight excluding hydrogens is 232 g/mol. The summed E-state index contributed by atoms with van der Waals surface area (Å²) in [5, 5.41) is 11.7. The highest BCUT2D eigenvalue weighted by atomic mass is 16.4. The first kappa shape index (κ1) is 12.4. The van der Waals surface area contributed by atoms with Gasteiger partial charge in [0.1, 0.15) is 5.41 Å². The van der Waals surface area contributed by atoms with Gasteiger partial charge >= 0.3 is 12.0 Å². The molecule has 0 radical (unpaired) electrons. The normalized spacial score (nSPS) is 16.8. The summed E-state index contributed by atoms with van der Waals surface area (Å²) >= 11 is 0. The minimum Gasteiger partial charge on any atom is -0.481 e. The topological polar surface area (TPSA) is 69.6 Å². The van der Waals surface area contributed by atoms with Crippen molar-refractivity contribution in [1.29, 1.82) is 0 Å². The van der Waals surface area contributed by atoms with E-state index in [2.05, 4.69) is 5.32 Å². The fourth-order valence-corrected chi connectivity index (χ4v) is 1.96. The average molecular weight is 248 g/mol. The monoisotopic (exact) mass is 248 g/mol. The highest BCUT2D eigenvalue weighted by molar-refractivity contribution is 5.82. The van der Waals surface area contributed by atoms with Crippen LogP contribution in [0.1, 0.15) is 12.5 Å². The highest BCUT2D eigenvalue weighted by Crippen LogP contribution is 2.29. The third-order valence-electron chi connectivity index (χ3n) is 3.17. The van der Waals surface area contributed by atoms with E-state index in [1.165, 1.54) is 4.90 Å². The van der Waals surface area contributed by atoms with E-state index in [1.807, 2.05) is 30.3 Å². The van der Waals surface area contributed by atoms with Gasteiger partial charge in [-0.15, -0.1) is 0 Å². The maximum atomic E-state index is 11.7. The molecule has 96 valence electrons. The Balaban J connectivity index is 1.80. The predicted octanol–water partition coefficient (Wildman–Crippen LogP) is 1.30. The average Bonchev–Trinajstić information content (AvgIpc) is 2.33. The Morgan fingerprint density at radius 1 is 1.33 bits per heavy atom. The molecule has 5 heteroatoms. The number of hydrogen-bond acceptors (Lipinski definition) is 2. The van der Waals surface area contributed by atoms with Crippen molar-refractivity contribution < 1.29 is 14.7 Å². The van der Waals surface area contributed by atoms with Crippen LogP contribution >= 0.6 is 0 Å². The lowest BCUT2D eigenvalue weighted by molar-refractivity contribution is -0.155. The van der Waals surface area contributed by atoms with E-state index in [0.717, 1.165) is 5.56 Å². The van der Waals surface area contributed by atoms with E-state index >= 15 is 0 Å². The summed E-state index contributed by atoms with van der Waals surface area (Å²) in [6.07, 6.45) is 0. The van der Waals surface area contributed by atoms with Gasteiger partial charge in [-0.25, -0.2) is 4.79 Å². The van der Waals surface area contributed by atoms with Crippen LogP contribution < -0.4 is 5.32 Å².